The van der Waals surface area contributed by atoms with Gasteiger partial charge in [0.25, 0.3) is 0 Å². The first-order valence-electron chi connectivity index (χ1n) is 4.31. The van der Waals surface area contributed by atoms with Crippen LogP contribution in [0.25, 0.3) is 0 Å². The molecule has 1 fully saturated rings. The molecule has 1 saturated heterocycles. The van der Waals surface area contributed by atoms with Crippen molar-refractivity contribution >= 4 is 24.8 Å². The standard InChI is InChI=1S/C8H17FN2.2ClH/c1-11(7-4-9)8-2-5-10-6-3-8;;/h8,10H,2-7H2,1H3;2*1H. The molecule has 0 radical (unpaired) electrons. The number of hydrogen-bond acceptors (Lipinski definition) is 2. The van der Waals surface area contributed by atoms with Gasteiger partial charge >= 0.3 is 0 Å². The summed E-state index contributed by atoms with van der Waals surface area (Å²) in [5, 5.41) is 3.29. The van der Waals surface area contributed by atoms with Crippen molar-refractivity contribution in [1.29, 1.82) is 0 Å². The Morgan fingerprint density at radius 1 is 1.31 bits per heavy atom. The maximum atomic E-state index is 11.9. The number of nitrogens with one attached hydrogen (secondary N) is 1. The Bertz CT molecular complexity index is 110. The van der Waals surface area contributed by atoms with Crippen LogP contribution < -0.4 is 5.32 Å². The van der Waals surface area contributed by atoms with Crippen LogP contribution in [0, 0.1) is 0 Å². The molecule has 1 heterocycles. The first-order chi connectivity index (χ1) is 5.34. The van der Waals surface area contributed by atoms with Crippen molar-refractivity contribution in [2.24, 2.45) is 0 Å². The van der Waals surface area contributed by atoms with Crippen LogP contribution >= 0.6 is 24.8 Å². The molecule has 5 heteroatoms. The SMILES string of the molecule is CN(CCF)C1CCNCC1.Cl.Cl. The molecule has 13 heavy (non-hydrogen) atoms. The van der Waals surface area contributed by atoms with Gasteiger partial charge in [0.05, 0.1) is 0 Å². The molecule has 0 saturated carbocycles. The predicted molar refractivity (Wildman–Crippen MR) is 59.0 cm³/mol. The van der Waals surface area contributed by atoms with E-state index >= 15 is 0 Å². The molecular formula is C8H19Cl2FN2. The lowest BCUT2D eigenvalue weighted by Crippen LogP contribution is -2.41. The Kier molecular flexibility index (Phi) is 11.0. The highest BCUT2D eigenvalue weighted by atomic mass is 35.5. The summed E-state index contributed by atoms with van der Waals surface area (Å²) in [4.78, 5) is 2.13. The van der Waals surface area contributed by atoms with E-state index in [1.165, 1.54) is 0 Å². The lowest BCUT2D eigenvalue weighted by molar-refractivity contribution is 0.185. The molecule has 0 atom stereocenters. The maximum absolute atomic E-state index is 11.9. The number of nitrogens with zero attached hydrogens (tertiary/aromatic N) is 1. The number of piperidine rings is 1. The third kappa shape index (κ3) is 5.68. The van der Waals surface area contributed by atoms with Crippen molar-refractivity contribution in [3.63, 3.8) is 0 Å². The van der Waals surface area contributed by atoms with Gasteiger partial charge in [-0.1, -0.05) is 0 Å². The number of hydrogen-bond donors (Lipinski definition) is 1. The van der Waals surface area contributed by atoms with Gasteiger partial charge in [0, 0.05) is 12.6 Å². The highest BCUT2D eigenvalue weighted by Gasteiger charge is 2.16. The van der Waals surface area contributed by atoms with E-state index < -0.39 is 0 Å². The normalized spacial score (nSPS) is 17.8. The van der Waals surface area contributed by atoms with Crippen LogP contribution in [0.2, 0.25) is 0 Å². The van der Waals surface area contributed by atoms with Crippen molar-refractivity contribution in [3.05, 3.63) is 0 Å². The Morgan fingerprint density at radius 2 is 1.85 bits per heavy atom. The van der Waals surface area contributed by atoms with Gasteiger partial charge in [0.2, 0.25) is 0 Å². The topological polar surface area (TPSA) is 15.3 Å². The Hall–Kier alpha value is 0.430. The second-order valence-electron chi connectivity index (χ2n) is 3.15. The van der Waals surface area contributed by atoms with Gasteiger partial charge in [-0.2, -0.15) is 0 Å². The minimum absolute atomic E-state index is 0. The summed E-state index contributed by atoms with van der Waals surface area (Å²) >= 11 is 0. The van der Waals surface area contributed by atoms with Crippen molar-refractivity contribution in [3.8, 4) is 0 Å². The largest absolute Gasteiger partial charge is 0.317 e. The van der Waals surface area contributed by atoms with Gasteiger partial charge < -0.3 is 10.2 Å². The third-order valence-electron chi connectivity index (χ3n) is 2.37. The predicted octanol–water partition coefficient (Wildman–Crippen LogP) is 1.48. The van der Waals surface area contributed by atoms with Crippen molar-refractivity contribution < 1.29 is 4.39 Å². The van der Waals surface area contributed by atoms with Crippen molar-refractivity contribution in [1.82, 2.24) is 10.2 Å². The Balaban J connectivity index is 0. The Labute approximate surface area is 92.1 Å². The fraction of sp³-hybridized carbons (Fsp3) is 1.00. The highest BCUT2D eigenvalue weighted by molar-refractivity contribution is 5.85. The second kappa shape index (κ2) is 9.00. The zero-order valence-electron chi connectivity index (χ0n) is 7.96. The fourth-order valence-corrected chi connectivity index (χ4v) is 1.56. The molecule has 0 aromatic rings. The van der Waals surface area contributed by atoms with Gasteiger partial charge in [0.15, 0.2) is 0 Å². The molecule has 1 N–H and O–H groups in total. The molecule has 0 spiro atoms. The van der Waals surface area contributed by atoms with E-state index in [1.807, 2.05) is 7.05 Å². The van der Waals surface area contributed by atoms with Crippen LogP contribution in [-0.4, -0.2) is 44.3 Å². The van der Waals surface area contributed by atoms with E-state index in [2.05, 4.69) is 10.2 Å². The van der Waals surface area contributed by atoms with Crippen molar-refractivity contribution in [2.75, 3.05) is 33.4 Å². The molecule has 0 aromatic heterocycles. The average Bonchev–Trinajstić information content (AvgIpc) is 2.07. The summed E-state index contributed by atoms with van der Waals surface area (Å²) < 4.78 is 11.9. The number of rotatable bonds is 3. The molecule has 0 amide bonds. The van der Waals surface area contributed by atoms with Crippen LogP contribution in [-0.2, 0) is 0 Å². The molecule has 0 aromatic carbocycles. The van der Waals surface area contributed by atoms with E-state index in [1.54, 1.807) is 0 Å². The molecule has 0 aliphatic carbocycles. The molecule has 2 nitrogen and oxygen atoms in total. The molecule has 82 valence electrons. The first kappa shape index (κ1) is 15.9. The lowest BCUT2D eigenvalue weighted by Gasteiger charge is -2.30. The maximum Gasteiger partial charge on any atom is 0.102 e. The summed E-state index contributed by atoms with van der Waals surface area (Å²) in [7, 11) is 2.01. The summed E-state index contributed by atoms with van der Waals surface area (Å²) in [6.07, 6.45) is 2.33. The molecule has 1 aliphatic rings. The number of alkyl halides is 1. The minimum Gasteiger partial charge on any atom is -0.317 e. The fourth-order valence-electron chi connectivity index (χ4n) is 1.56. The van der Waals surface area contributed by atoms with Gasteiger partial charge in [-0.25, -0.2) is 4.39 Å². The smallest absolute Gasteiger partial charge is 0.102 e. The van der Waals surface area contributed by atoms with E-state index in [-0.39, 0.29) is 31.5 Å². The molecule has 0 unspecified atom stereocenters. The van der Waals surface area contributed by atoms with Crippen LogP contribution in [0.15, 0.2) is 0 Å². The summed E-state index contributed by atoms with van der Waals surface area (Å²) in [6.45, 7) is 2.54. The quantitative estimate of drug-likeness (QED) is 0.794. The van der Waals surface area contributed by atoms with Gasteiger partial charge in [-0.15, -0.1) is 24.8 Å². The van der Waals surface area contributed by atoms with Gasteiger partial charge in [-0.05, 0) is 33.0 Å². The van der Waals surface area contributed by atoms with Crippen LogP contribution in [0.1, 0.15) is 12.8 Å². The van der Waals surface area contributed by atoms with Crippen LogP contribution in [0.5, 0.6) is 0 Å². The zero-order chi connectivity index (χ0) is 8.10. The minimum atomic E-state index is -0.222. The molecular weight excluding hydrogens is 214 g/mol. The van der Waals surface area contributed by atoms with E-state index in [4.69, 9.17) is 0 Å². The van der Waals surface area contributed by atoms with E-state index in [0.29, 0.717) is 12.6 Å². The number of halogens is 3. The van der Waals surface area contributed by atoms with Crippen LogP contribution in [0.4, 0.5) is 4.39 Å². The summed E-state index contributed by atoms with van der Waals surface area (Å²) in [6, 6.07) is 0.604. The summed E-state index contributed by atoms with van der Waals surface area (Å²) in [5.41, 5.74) is 0. The van der Waals surface area contributed by atoms with E-state index in [9.17, 15) is 4.39 Å². The Morgan fingerprint density at radius 3 is 2.31 bits per heavy atom. The van der Waals surface area contributed by atoms with Crippen molar-refractivity contribution in [2.45, 2.75) is 18.9 Å². The second-order valence-corrected chi connectivity index (χ2v) is 3.15. The average molecular weight is 233 g/mol. The first-order valence-corrected chi connectivity index (χ1v) is 4.31. The third-order valence-corrected chi connectivity index (χ3v) is 2.37. The lowest BCUT2D eigenvalue weighted by atomic mass is 10.1. The highest BCUT2D eigenvalue weighted by Crippen LogP contribution is 2.08. The molecule has 1 rings (SSSR count). The zero-order valence-corrected chi connectivity index (χ0v) is 9.59. The monoisotopic (exact) mass is 232 g/mol. The van der Waals surface area contributed by atoms with Gasteiger partial charge in [-0.3, -0.25) is 0 Å². The molecule has 1 aliphatic heterocycles. The van der Waals surface area contributed by atoms with Crippen LogP contribution in [0.3, 0.4) is 0 Å². The van der Waals surface area contributed by atoms with E-state index in [0.717, 1.165) is 25.9 Å². The summed E-state index contributed by atoms with van der Waals surface area (Å²) in [5.74, 6) is 0. The van der Waals surface area contributed by atoms with Gasteiger partial charge in [0.1, 0.15) is 6.67 Å². The molecule has 0 bridgehead atoms.